The van der Waals surface area contributed by atoms with Gasteiger partial charge in [-0.2, -0.15) is 13.2 Å². The smallest absolute Gasteiger partial charge is 0.350 e. The zero-order valence-electron chi connectivity index (χ0n) is 18.7. The van der Waals surface area contributed by atoms with E-state index in [9.17, 15) is 18.0 Å². The van der Waals surface area contributed by atoms with Crippen LogP contribution in [0.4, 0.5) is 13.2 Å². The third kappa shape index (κ3) is 4.72. The van der Waals surface area contributed by atoms with Crippen LogP contribution in [0.1, 0.15) is 46.2 Å². The number of halogens is 3. The number of rotatable bonds is 5. The lowest BCUT2D eigenvalue weighted by molar-refractivity contribution is -0.137. The first-order valence-corrected chi connectivity index (χ1v) is 12.2. The van der Waals surface area contributed by atoms with Crippen molar-refractivity contribution in [1.29, 1.82) is 0 Å². The molecule has 5 nitrogen and oxygen atoms in total. The molecule has 2 unspecified atom stereocenters. The molecule has 1 N–H and O–H groups in total. The quantitative estimate of drug-likeness (QED) is 0.543. The second-order valence-electron chi connectivity index (χ2n) is 9.03. The number of piperidine rings is 3. The Kier molecular flexibility index (Phi) is 6.16. The largest absolute Gasteiger partial charge is 0.416 e. The highest BCUT2D eigenvalue weighted by Gasteiger charge is 2.41. The molecule has 3 fully saturated rings. The van der Waals surface area contributed by atoms with Crippen LogP contribution in [0, 0.1) is 12.8 Å². The van der Waals surface area contributed by atoms with Gasteiger partial charge in [0.2, 0.25) is 0 Å². The minimum atomic E-state index is -4.41. The van der Waals surface area contributed by atoms with Crippen LogP contribution < -0.4 is 5.32 Å². The number of aryl methyl sites for hydroxylation is 1. The summed E-state index contributed by atoms with van der Waals surface area (Å²) in [6.07, 6.45) is -2.37. The summed E-state index contributed by atoms with van der Waals surface area (Å²) in [6, 6.07) is 10.8. The van der Waals surface area contributed by atoms with Crippen molar-refractivity contribution in [2.45, 2.75) is 37.9 Å². The summed E-state index contributed by atoms with van der Waals surface area (Å²) in [5.41, 5.74) is 1.53. The van der Waals surface area contributed by atoms with Gasteiger partial charge >= 0.3 is 6.18 Å². The van der Waals surface area contributed by atoms with E-state index in [1.54, 1.807) is 11.3 Å². The highest BCUT2D eigenvalue weighted by Crippen LogP contribution is 2.42. The Morgan fingerprint density at radius 3 is 2.65 bits per heavy atom. The predicted octanol–water partition coefficient (Wildman–Crippen LogP) is 5.14. The van der Waals surface area contributed by atoms with Crippen molar-refractivity contribution in [3.8, 4) is 10.6 Å². The van der Waals surface area contributed by atoms with Gasteiger partial charge in [0.25, 0.3) is 5.91 Å². The summed E-state index contributed by atoms with van der Waals surface area (Å²) in [5, 5.41) is 4.96. The fraction of sp³-hybridized carbons (Fsp3) is 0.400. The van der Waals surface area contributed by atoms with Crippen LogP contribution in [0.15, 0.2) is 47.8 Å². The Morgan fingerprint density at radius 1 is 1.21 bits per heavy atom. The number of carbonyl (C=O) groups is 1. The second kappa shape index (κ2) is 9.11. The molecule has 1 aromatic carbocycles. The van der Waals surface area contributed by atoms with Gasteiger partial charge < -0.3 is 5.32 Å². The van der Waals surface area contributed by atoms with Crippen molar-refractivity contribution >= 4 is 17.2 Å². The predicted molar refractivity (Wildman–Crippen MR) is 125 cm³/mol. The Balaban J connectivity index is 1.23. The Labute approximate surface area is 200 Å². The molecule has 34 heavy (non-hydrogen) atoms. The molecule has 4 atom stereocenters. The molecule has 0 aliphatic carbocycles. The number of carbonyl (C=O) groups excluding carboxylic acids is 1. The minimum Gasteiger partial charge on any atom is -0.350 e. The molecule has 3 saturated heterocycles. The topological polar surface area (TPSA) is 58.1 Å². The van der Waals surface area contributed by atoms with Crippen LogP contribution in [0.25, 0.3) is 10.6 Å². The Hall–Kier alpha value is -2.78. The third-order valence-electron chi connectivity index (χ3n) is 6.86. The van der Waals surface area contributed by atoms with Crippen molar-refractivity contribution in [3.05, 3.63) is 70.5 Å². The number of nitrogens with zero attached hydrogens (tertiary/aromatic N) is 3. The molecule has 3 aliphatic rings. The summed E-state index contributed by atoms with van der Waals surface area (Å²) >= 11 is 1.67. The van der Waals surface area contributed by atoms with E-state index in [0.29, 0.717) is 18.4 Å². The number of benzene rings is 1. The number of hydrogen-bond acceptors (Lipinski definition) is 5. The van der Waals surface area contributed by atoms with Crippen LogP contribution >= 0.6 is 11.3 Å². The molecule has 0 spiro atoms. The molecule has 2 bridgehead atoms. The van der Waals surface area contributed by atoms with Gasteiger partial charge in [0.05, 0.1) is 16.1 Å². The van der Waals surface area contributed by atoms with Crippen LogP contribution in [0.3, 0.4) is 0 Å². The number of nitrogens with one attached hydrogen (secondary N) is 1. The highest BCUT2D eigenvalue weighted by atomic mass is 32.1. The van der Waals surface area contributed by atoms with Crippen LogP contribution in [0.5, 0.6) is 0 Å². The van der Waals surface area contributed by atoms with E-state index in [4.69, 9.17) is 4.98 Å². The first-order chi connectivity index (χ1) is 16.3. The Morgan fingerprint density at radius 2 is 2.00 bits per heavy atom. The summed E-state index contributed by atoms with van der Waals surface area (Å²) in [7, 11) is 0. The molecule has 178 valence electrons. The fourth-order valence-electron chi connectivity index (χ4n) is 5.14. The van der Waals surface area contributed by atoms with Crippen molar-refractivity contribution in [2.24, 2.45) is 5.92 Å². The maximum Gasteiger partial charge on any atom is 0.416 e. The molecular weight excluding hydrogens is 461 g/mol. The fourth-order valence-corrected chi connectivity index (χ4v) is 5.83. The third-order valence-corrected chi connectivity index (χ3v) is 7.75. The van der Waals surface area contributed by atoms with E-state index in [-0.39, 0.29) is 17.5 Å². The average Bonchev–Trinajstić information content (AvgIpc) is 3.37. The molecule has 0 radical (unpaired) electrons. The summed E-state index contributed by atoms with van der Waals surface area (Å²) in [4.78, 5) is 25.4. The second-order valence-corrected chi connectivity index (χ2v) is 9.98. The number of alkyl halides is 3. The van der Waals surface area contributed by atoms with Crippen molar-refractivity contribution < 1.29 is 18.0 Å². The standard InChI is InChI=1S/C25H25F3N4OS/c1-15-30-21(12-22(31-15)23-3-2-10-34-23)20-14-32-9-8-17(20)11-19(32)13-29-24(33)16-4-6-18(7-5-16)25(26,27)28/h2-7,10,12,17,19-20H,8-9,11,13-14H2,1H3,(H,29,33)/t17-,19?,20-/m0/s1. The van der Waals surface area contributed by atoms with E-state index in [0.717, 1.165) is 60.2 Å². The van der Waals surface area contributed by atoms with Gasteiger partial charge in [-0.25, -0.2) is 9.97 Å². The van der Waals surface area contributed by atoms with Crippen LogP contribution in [0.2, 0.25) is 0 Å². The molecule has 3 aliphatic heterocycles. The number of aromatic nitrogens is 2. The maximum atomic E-state index is 12.8. The monoisotopic (exact) mass is 486 g/mol. The number of fused-ring (bicyclic) bond motifs is 3. The molecule has 9 heteroatoms. The number of thiophene rings is 1. The van der Waals surface area contributed by atoms with E-state index in [1.165, 1.54) is 12.1 Å². The molecule has 3 aromatic rings. The summed E-state index contributed by atoms with van der Waals surface area (Å²) in [6.45, 7) is 4.27. The zero-order valence-corrected chi connectivity index (χ0v) is 19.5. The van der Waals surface area contributed by atoms with Gasteiger partial charge in [0.15, 0.2) is 0 Å². The summed E-state index contributed by atoms with van der Waals surface area (Å²) < 4.78 is 38.3. The first kappa shape index (κ1) is 23.0. The van der Waals surface area contributed by atoms with Crippen LogP contribution in [-0.2, 0) is 6.18 Å². The number of hydrogen-bond donors (Lipinski definition) is 1. The highest BCUT2D eigenvalue weighted by molar-refractivity contribution is 7.13. The van der Waals surface area contributed by atoms with Gasteiger partial charge in [0, 0.05) is 36.3 Å². The van der Waals surface area contributed by atoms with E-state index >= 15 is 0 Å². The maximum absolute atomic E-state index is 12.8. The lowest BCUT2D eigenvalue weighted by Gasteiger charge is -2.49. The van der Waals surface area contributed by atoms with Crippen molar-refractivity contribution in [2.75, 3.05) is 19.6 Å². The molecule has 6 rings (SSSR count). The van der Waals surface area contributed by atoms with E-state index in [2.05, 4.69) is 27.3 Å². The Bertz CT molecular complexity index is 1160. The van der Waals surface area contributed by atoms with Gasteiger partial charge in [-0.15, -0.1) is 11.3 Å². The minimum absolute atomic E-state index is 0.216. The molecule has 1 amide bonds. The normalized spacial score (nSPS) is 24.2. The zero-order chi connectivity index (χ0) is 23.9. The molecule has 0 saturated carbocycles. The van der Waals surface area contributed by atoms with Crippen molar-refractivity contribution in [3.63, 3.8) is 0 Å². The lowest BCUT2D eigenvalue weighted by atomic mass is 9.74. The van der Waals surface area contributed by atoms with Gasteiger partial charge in [-0.3, -0.25) is 9.69 Å². The number of amides is 1. The SMILES string of the molecule is Cc1nc(-c2cccs2)cc([C@H]2CN3CC[C@H]2CC3CNC(=O)c2ccc(C(F)(F)F)cc2)n1. The van der Waals surface area contributed by atoms with E-state index in [1.807, 2.05) is 18.4 Å². The molecule has 2 aromatic heterocycles. The van der Waals surface area contributed by atoms with Gasteiger partial charge in [-0.05, 0) is 74.0 Å². The van der Waals surface area contributed by atoms with Gasteiger partial charge in [-0.1, -0.05) is 6.07 Å². The lowest BCUT2D eigenvalue weighted by Crippen LogP contribution is -2.56. The molecular formula is C25H25F3N4OS. The van der Waals surface area contributed by atoms with Crippen molar-refractivity contribution in [1.82, 2.24) is 20.2 Å². The van der Waals surface area contributed by atoms with E-state index < -0.39 is 11.7 Å². The van der Waals surface area contributed by atoms with Gasteiger partial charge in [0.1, 0.15) is 5.82 Å². The first-order valence-electron chi connectivity index (χ1n) is 11.4. The molecule has 5 heterocycles. The van der Waals surface area contributed by atoms with Crippen LogP contribution in [-0.4, -0.2) is 46.5 Å². The summed E-state index contributed by atoms with van der Waals surface area (Å²) in [5.74, 6) is 1.23. The average molecular weight is 487 g/mol.